The van der Waals surface area contributed by atoms with Crippen LogP contribution in [0.5, 0.6) is 0 Å². The summed E-state index contributed by atoms with van der Waals surface area (Å²) < 4.78 is 22.7. The summed E-state index contributed by atoms with van der Waals surface area (Å²) in [6.45, 7) is 14.7. The van der Waals surface area contributed by atoms with Gasteiger partial charge < -0.3 is 18.9 Å². The molecule has 0 bridgehead atoms. The van der Waals surface area contributed by atoms with Crippen LogP contribution in [0.2, 0.25) is 0 Å². The van der Waals surface area contributed by atoms with Crippen molar-refractivity contribution in [2.45, 2.75) is 47.3 Å². The van der Waals surface area contributed by atoms with Gasteiger partial charge in [-0.3, -0.25) is 0 Å². The molecule has 2 aliphatic heterocycles. The van der Waals surface area contributed by atoms with Crippen LogP contribution in [0.25, 0.3) is 0 Å². The van der Waals surface area contributed by atoms with Crippen LogP contribution in [0.15, 0.2) is 0 Å². The van der Waals surface area contributed by atoms with E-state index in [4.69, 9.17) is 18.9 Å². The van der Waals surface area contributed by atoms with Gasteiger partial charge in [-0.2, -0.15) is 0 Å². The highest BCUT2D eigenvalue weighted by atomic mass is 16.7. The lowest BCUT2D eigenvalue weighted by Crippen LogP contribution is -2.43. The van der Waals surface area contributed by atoms with Crippen molar-refractivity contribution in [3.63, 3.8) is 0 Å². The monoisotopic (exact) mass is 286 g/mol. The molecule has 20 heavy (non-hydrogen) atoms. The van der Waals surface area contributed by atoms with Crippen molar-refractivity contribution < 1.29 is 18.9 Å². The van der Waals surface area contributed by atoms with Crippen LogP contribution in [0.3, 0.4) is 0 Å². The second-order valence-electron chi connectivity index (χ2n) is 7.98. The van der Waals surface area contributed by atoms with Crippen LogP contribution in [0.4, 0.5) is 0 Å². The van der Waals surface area contributed by atoms with Crippen molar-refractivity contribution in [3.05, 3.63) is 0 Å². The molecule has 2 aliphatic rings. The molecule has 2 heterocycles. The molecule has 0 aromatic rings. The van der Waals surface area contributed by atoms with Gasteiger partial charge in [0.2, 0.25) is 0 Å². The van der Waals surface area contributed by atoms with E-state index in [9.17, 15) is 0 Å². The van der Waals surface area contributed by atoms with E-state index >= 15 is 0 Å². The first-order chi connectivity index (χ1) is 9.29. The van der Waals surface area contributed by atoms with Gasteiger partial charge in [0, 0.05) is 17.3 Å². The van der Waals surface area contributed by atoms with Crippen molar-refractivity contribution in [2.24, 2.45) is 22.7 Å². The number of hydrogen-bond acceptors (Lipinski definition) is 4. The summed E-state index contributed by atoms with van der Waals surface area (Å²) in [6, 6.07) is 0. The standard InChI is InChI=1S/C16H30O4/c1-15(2,3)14-19-7-12(8-20-14)6-16(4,5)13-9-17-11-18-10-13/h12-14H,6-11H2,1-5H3. The van der Waals surface area contributed by atoms with E-state index in [1.165, 1.54) is 0 Å². The molecule has 0 atom stereocenters. The first-order valence-corrected chi connectivity index (χ1v) is 7.68. The smallest absolute Gasteiger partial charge is 0.162 e. The van der Waals surface area contributed by atoms with E-state index in [2.05, 4.69) is 34.6 Å². The first kappa shape index (κ1) is 16.2. The third-order valence-electron chi connectivity index (χ3n) is 4.40. The molecular weight excluding hydrogens is 256 g/mol. The molecule has 0 aliphatic carbocycles. The molecule has 2 fully saturated rings. The van der Waals surface area contributed by atoms with E-state index in [1.54, 1.807) is 0 Å². The maximum absolute atomic E-state index is 5.90. The minimum absolute atomic E-state index is 0.0472. The molecule has 0 radical (unpaired) electrons. The number of ether oxygens (including phenoxy) is 4. The lowest BCUT2D eigenvalue weighted by molar-refractivity contribution is -0.247. The summed E-state index contributed by atoms with van der Waals surface area (Å²) in [4.78, 5) is 0. The predicted molar refractivity (Wildman–Crippen MR) is 77.3 cm³/mol. The van der Waals surface area contributed by atoms with E-state index in [0.717, 1.165) is 32.8 Å². The van der Waals surface area contributed by atoms with Crippen LogP contribution in [0, 0.1) is 22.7 Å². The SMILES string of the molecule is CC(C)(C)C1OCC(CC(C)(C)C2COCOC2)CO1. The Kier molecular flexibility index (Phi) is 5.11. The fraction of sp³-hybridized carbons (Fsp3) is 1.00. The minimum atomic E-state index is -0.0804. The van der Waals surface area contributed by atoms with Crippen LogP contribution >= 0.6 is 0 Å². The fourth-order valence-electron chi connectivity index (χ4n) is 3.01. The lowest BCUT2D eigenvalue weighted by Gasteiger charge is -2.42. The van der Waals surface area contributed by atoms with Gasteiger partial charge in [0.05, 0.1) is 26.4 Å². The normalized spacial score (nSPS) is 30.4. The zero-order valence-electron chi connectivity index (χ0n) is 13.6. The van der Waals surface area contributed by atoms with Gasteiger partial charge in [-0.1, -0.05) is 34.6 Å². The first-order valence-electron chi connectivity index (χ1n) is 7.68. The molecule has 4 heteroatoms. The molecule has 2 saturated heterocycles. The van der Waals surface area contributed by atoms with Crippen LogP contribution in [0.1, 0.15) is 41.0 Å². The van der Waals surface area contributed by atoms with Crippen molar-refractivity contribution in [3.8, 4) is 0 Å². The molecule has 0 aromatic heterocycles. The zero-order valence-corrected chi connectivity index (χ0v) is 13.6. The Morgan fingerprint density at radius 2 is 1.40 bits per heavy atom. The fourth-order valence-corrected chi connectivity index (χ4v) is 3.01. The van der Waals surface area contributed by atoms with Crippen molar-refractivity contribution >= 4 is 0 Å². The Morgan fingerprint density at radius 3 is 1.90 bits per heavy atom. The molecular formula is C16H30O4. The topological polar surface area (TPSA) is 36.9 Å². The van der Waals surface area contributed by atoms with Crippen molar-refractivity contribution in [1.29, 1.82) is 0 Å². The average molecular weight is 286 g/mol. The predicted octanol–water partition coefficient (Wildman–Crippen LogP) is 3.06. The van der Waals surface area contributed by atoms with Gasteiger partial charge in [-0.05, 0) is 11.8 Å². The van der Waals surface area contributed by atoms with Gasteiger partial charge in [-0.25, -0.2) is 0 Å². The second-order valence-corrected chi connectivity index (χ2v) is 7.98. The van der Waals surface area contributed by atoms with Crippen LogP contribution < -0.4 is 0 Å². The summed E-state index contributed by atoms with van der Waals surface area (Å²) in [7, 11) is 0. The number of hydrogen-bond donors (Lipinski definition) is 0. The van der Waals surface area contributed by atoms with E-state index < -0.39 is 0 Å². The Bertz CT molecular complexity index is 294. The van der Waals surface area contributed by atoms with Gasteiger partial charge in [-0.15, -0.1) is 0 Å². The molecule has 0 amide bonds. The highest BCUT2D eigenvalue weighted by molar-refractivity contribution is 4.83. The summed E-state index contributed by atoms with van der Waals surface area (Å²) >= 11 is 0. The van der Waals surface area contributed by atoms with Gasteiger partial charge >= 0.3 is 0 Å². The molecule has 2 rings (SSSR count). The van der Waals surface area contributed by atoms with E-state index in [0.29, 0.717) is 18.6 Å². The average Bonchev–Trinajstić information content (AvgIpc) is 2.39. The third kappa shape index (κ3) is 4.17. The zero-order chi connectivity index (χ0) is 14.8. The second kappa shape index (κ2) is 6.30. The molecule has 118 valence electrons. The van der Waals surface area contributed by atoms with Gasteiger partial charge in [0.1, 0.15) is 6.79 Å². The Hall–Kier alpha value is -0.160. The summed E-state index contributed by atoms with van der Waals surface area (Å²) in [6.07, 6.45) is 1.00. The quantitative estimate of drug-likeness (QED) is 0.799. The Labute approximate surface area is 123 Å². The minimum Gasteiger partial charge on any atom is -0.355 e. The van der Waals surface area contributed by atoms with Gasteiger partial charge in [0.15, 0.2) is 6.29 Å². The molecule has 0 unspecified atom stereocenters. The summed E-state index contributed by atoms with van der Waals surface area (Å²) in [5.74, 6) is 0.919. The molecule has 0 saturated carbocycles. The van der Waals surface area contributed by atoms with E-state index in [-0.39, 0.29) is 17.1 Å². The molecule has 0 aromatic carbocycles. The highest BCUT2D eigenvalue weighted by Crippen LogP contribution is 2.38. The summed E-state index contributed by atoms with van der Waals surface area (Å²) in [5, 5.41) is 0. The van der Waals surface area contributed by atoms with Crippen molar-refractivity contribution in [2.75, 3.05) is 33.2 Å². The lowest BCUT2D eigenvalue weighted by atomic mass is 9.73. The van der Waals surface area contributed by atoms with Crippen LogP contribution in [-0.4, -0.2) is 39.5 Å². The molecule has 0 N–H and O–H groups in total. The summed E-state index contributed by atoms with van der Waals surface area (Å²) in [5.41, 5.74) is 0.234. The maximum Gasteiger partial charge on any atom is 0.162 e. The highest BCUT2D eigenvalue weighted by Gasteiger charge is 2.37. The van der Waals surface area contributed by atoms with Crippen LogP contribution in [-0.2, 0) is 18.9 Å². The van der Waals surface area contributed by atoms with Crippen molar-refractivity contribution in [1.82, 2.24) is 0 Å². The molecule has 0 spiro atoms. The largest absolute Gasteiger partial charge is 0.355 e. The molecule has 4 nitrogen and oxygen atoms in total. The number of rotatable bonds is 3. The maximum atomic E-state index is 5.90. The third-order valence-corrected chi connectivity index (χ3v) is 4.40. The Balaban J connectivity index is 1.82. The van der Waals surface area contributed by atoms with E-state index in [1.807, 2.05) is 0 Å². The Morgan fingerprint density at radius 1 is 0.850 bits per heavy atom. The van der Waals surface area contributed by atoms with Gasteiger partial charge in [0.25, 0.3) is 0 Å².